The van der Waals surface area contributed by atoms with Gasteiger partial charge in [0, 0.05) is 29.9 Å². The molecule has 0 bridgehead atoms. The summed E-state index contributed by atoms with van der Waals surface area (Å²) in [4.78, 5) is 10.6. The molecule has 3 atom stereocenters. The third kappa shape index (κ3) is 4.25. The van der Waals surface area contributed by atoms with Crippen molar-refractivity contribution in [1.29, 1.82) is 0 Å². The Morgan fingerprint density at radius 1 is 1.14 bits per heavy atom. The summed E-state index contributed by atoms with van der Waals surface area (Å²) in [6.45, 7) is 0.510. The number of pyridine rings is 1. The van der Waals surface area contributed by atoms with E-state index in [0.717, 1.165) is 5.56 Å². The van der Waals surface area contributed by atoms with Gasteiger partial charge in [-0.2, -0.15) is 0 Å². The van der Waals surface area contributed by atoms with Crippen molar-refractivity contribution >= 4 is 11.9 Å². The van der Waals surface area contributed by atoms with Gasteiger partial charge >= 0.3 is 6.36 Å². The van der Waals surface area contributed by atoms with Gasteiger partial charge in [0.15, 0.2) is 0 Å². The fourth-order valence-electron chi connectivity index (χ4n) is 3.49. The molecule has 0 amide bonds. The number of rotatable bonds is 4. The van der Waals surface area contributed by atoms with E-state index in [9.17, 15) is 18.3 Å². The van der Waals surface area contributed by atoms with E-state index >= 15 is 0 Å². The smallest absolute Gasteiger partial charge is 0.406 e. The maximum Gasteiger partial charge on any atom is 0.573 e. The Hall–Kier alpha value is -2.91. The highest BCUT2D eigenvalue weighted by Crippen LogP contribution is 2.38. The molecule has 152 valence electrons. The molecule has 1 aromatic carbocycles. The molecule has 6 nitrogen and oxygen atoms in total. The Labute approximate surface area is 164 Å². The first-order valence-corrected chi connectivity index (χ1v) is 8.96. The first-order valence-electron chi connectivity index (χ1n) is 8.96. The van der Waals surface area contributed by atoms with E-state index in [4.69, 9.17) is 4.74 Å². The number of halogens is 3. The highest BCUT2D eigenvalue weighted by molar-refractivity contribution is 5.86. The molecule has 0 radical (unpaired) electrons. The second-order valence-electron chi connectivity index (χ2n) is 6.66. The summed E-state index contributed by atoms with van der Waals surface area (Å²) in [5.74, 6) is -0.300. The van der Waals surface area contributed by atoms with Gasteiger partial charge in [0.25, 0.3) is 0 Å². The van der Waals surface area contributed by atoms with Crippen LogP contribution in [0.2, 0.25) is 0 Å². The Bertz CT molecular complexity index is 901. The topological polar surface area (TPSA) is 67.2 Å². The van der Waals surface area contributed by atoms with Crippen LogP contribution in [0.1, 0.15) is 17.3 Å². The molecule has 1 fully saturated rings. The van der Waals surface area contributed by atoms with Crippen molar-refractivity contribution in [3.63, 3.8) is 0 Å². The Morgan fingerprint density at radius 3 is 2.55 bits per heavy atom. The summed E-state index contributed by atoms with van der Waals surface area (Å²) >= 11 is 0. The molecule has 1 saturated heterocycles. The number of nitrogens with zero attached hydrogens (tertiary/aromatic N) is 3. The monoisotopic (exact) mass is 405 g/mol. The van der Waals surface area contributed by atoms with Crippen molar-refractivity contribution in [2.24, 2.45) is 4.99 Å². The van der Waals surface area contributed by atoms with E-state index in [0.29, 0.717) is 17.9 Å². The molecular weight excluding hydrogens is 387 g/mol. The number of hydrogen-bond donors (Lipinski definition) is 1. The molecule has 2 aliphatic heterocycles. The minimum atomic E-state index is -4.75. The van der Waals surface area contributed by atoms with Crippen LogP contribution in [-0.2, 0) is 4.74 Å². The molecule has 1 aromatic heterocycles. The largest absolute Gasteiger partial charge is 0.573 e. The standard InChI is InChI=1S/C20H18F3N3O3/c21-20(22,23)29-15-5-3-13(4-6-15)16-7-9-25-19(14-2-1-8-24-10-14)26(16)17-11-28-12-18(17)27/h1-10,17-19,27H,11-12H2/t17-,18-,19?/m0/s1. The normalized spacial score (nSPS) is 24.5. The van der Waals surface area contributed by atoms with Crippen LogP contribution in [0.4, 0.5) is 13.2 Å². The van der Waals surface area contributed by atoms with E-state index in [1.807, 2.05) is 11.0 Å². The summed E-state index contributed by atoms with van der Waals surface area (Å²) < 4.78 is 46.7. The molecule has 0 spiro atoms. The zero-order chi connectivity index (χ0) is 20.4. The van der Waals surface area contributed by atoms with Crippen molar-refractivity contribution in [1.82, 2.24) is 9.88 Å². The molecule has 1 unspecified atom stereocenters. The molecule has 3 heterocycles. The summed E-state index contributed by atoms with van der Waals surface area (Å²) in [5, 5.41) is 10.4. The van der Waals surface area contributed by atoms with Crippen LogP contribution >= 0.6 is 0 Å². The van der Waals surface area contributed by atoms with Crippen LogP contribution in [0.15, 0.2) is 59.9 Å². The minimum absolute atomic E-state index is 0.205. The number of hydrogen-bond acceptors (Lipinski definition) is 6. The number of aliphatic hydroxyl groups is 1. The van der Waals surface area contributed by atoms with Gasteiger partial charge in [-0.3, -0.25) is 9.98 Å². The summed E-state index contributed by atoms with van der Waals surface area (Å²) in [7, 11) is 0. The maximum atomic E-state index is 12.4. The van der Waals surface area contributed by atoms with Gasteiger partial charge in [-0.15, -0.1) is 13.2 Å². The molecule has 9 heteroatoms. The van der Waals surface area contributed by atoms with Crippen LogP contribution in [0.5, 0.6) is 5.75 Å². The Morgan fingerprint density at radius 2 is 1.93 bits per heavy atom. The van der Waals surface area contributed by atoms with Gasteiger partial charge in [0.05, 0.1) is 25.4 Å². The van der Waals surface area contributed by atoms with Gasteiger partial charge in [-0.1, -0.05) is 6.07 Å². The highest BCUT2D eigenvalue weighted by atomic mass is 19.4. The van der Waals surface area contributed by atoms with Crippen molar-refractivity contribution < 1.29 is 27.8 Å². The Kier molecular flexibility index (Phi) is 5.25. The second-order valence-corrected chi connectivity index (χ2v) is 6.66. The number of benzene rings is 1. The fourth-order valence-corrected chi connectivity index (χ4v) is 3.49. The van der Waals surface area contributed by atoms with Crippen LogP contribution in [0.3, 0.4) is 0 Å². The van der Waals surface area contributed by atoms with Crippen LogP contribution < -0.4 is 4.74 Å². The number of ether oxygens (including phenoxy) is 2. The lowest BCUT2D eigenvalue weighted by Gasteiger charge is -2.40. The predicted octanol–water partition coefficient (Wildman–Crippen LogP) is 3.17. The van der Waals surface area contributed by atoms with Gasteiger partial charge < -0.3 is 19.5 Å². The lowest BCUT2D eigenvalue weighted by atomic mass is 10.0. The van der Waals surface area contributed by atoms with E-state index in [1.54, 1.807) is 42.9 Å². The molecule has 2 aromatic rings. The molecule has 0 aliphatic carbocycles. The van der Waals surface area contributed by atoms with Gasteiger partial charge in [0.1, 0.15) is 11.9 Å². The van der Waals surface area contributed by atoms with Crippen LogP contribution in [0, 0.1) is 0 Å². The first-order chi connectivity index (χ1) is 13.9. The average Bonchev–Trinajstić information content (AvgIpc) is 3.13. The number of aliphatic hydroxyl groups excluding tert-OH is 1. The third-order valence-corrected chi connectivity index (χ3v) is 4.75. The van der Waals surface area contributed by atoms with Crippen molar-refractivity contribution in [3.8, 4) is 5.75 Å². The van der Waals surface area contributed by atoms with Crippen molar-refractivity contribution in [3.05, 3.63) is 66.0 Å². The summed E-state index contributed by atoms with van der Waals surface area (Å²) in [5.41, 5.74) is 2.20. The van der Waals surface area contributed by atoms with E-state index in [2.05, 4.69) is 14.7 Å². The summed E-state index contributed by atoms with van der Waals surface area (Å²) in [6.07, 6.45) is 0.837. The zero-order valence-corrected chi connectivity index (χ0v) is 15.2. The molecule has 1 N–H and O–H groups in total. The predicted molar refractivity (Wildman–Crippen MR) is 99.0 cm³/mol. The van der Waals surface area contributed by atoms with Crippen molar-refractivity contribution in [2.75, 3.05) is 13.2 Å². The summed E-state index contributed by atoms with van der Waals surface area (Å²) in [6, 6.07) is 8.92. The lowest BCUT2D eigenvalue weighted by Crippen LogP contribution is -2.44. The average molecular weight is 405 g/mol. The molecule has 4 rings (SSSR count). The van der Waals surface area contributed by atoms with E-state index < -0.39 is 18.6 Å². The molecular formula is C20H18F3N3O3. The number of aliphatic imine (C=N–C) groups is 1. The molecule has 2 aliphatic rings. The SMILES string of the molecule is O[C@H]1COC[C@@H]1N1C(c2ccc(OC(F)(F)F)cc2)=CC=NC1c1cccnc1. The second kappa shape index (κ2) is 7.84. The highest BCUT2D eigenvalue weighted by Gasteiger charge is 2.38. The van der Waals surface area contributed by atoms with Gasteiger partial charge in [-0.25, -0.2) is 0 Å². The number of allylic oxidation sites excluding steroid dienone is 1. The minimum Gasteiger partial charge on any atom is -0.406 e. The number of alkyl halides is 3. The van der Waals surface area contributed by atoms with Crippen LogP contribution in [0.25, 0.3) is 5.70 Å². The molecule has 0 saturated carbocycles. The third-order valence-electron chi connectivity index (χ3n) is 4.75. The number of aromatic nitrogens is 1. The van der Waals surface area contributed by atoms with Gasteiger partial charge in [0.2, 0.25) is 0 Å². The maximum absolute atomic E-state index is 12.4. The fraction of sp³-hybridized carbons (Fsp3) is 0.300. The molecule has 29 heavy (non-hydrogen) atoms. The van der Waals surface area contributed by atoms with Crippen molar-refractivity contribution in [2.45, 2.75) is 24.7 Å². The first kappa shape index (κ1) is 19.4. The van der Waals surface area contributed by atoms with Gasteiger partial charge in [-0.05, 0) is 42.0 Å². The van der Waals surface area contributed by atoms with Crippen LogP contribution in [-0.4, -0.2) is 52.9 Å². The van der Waals surface area contributed by atoms with E-state index in [1.165, 1.54) is 12.1 Å². The Balaban J connectivity index is 1.69. The quantitative estimate of drug-likeness (QED) is 0.847. The lowest BCUT2D eigenvalue weighted by molar-refractivity contribution is -0.274. The zero-order valence-electron chi connectivity index (χ0n) is 15.2. The van der Waals surface area contributed by atoms with E-state index in [-0.39, 0.29) is 18.4 Å².